The van der Waals surface area contributed by atoms with Gasteiger partial charge in [0.05, 0.1) is 18.8 Å². The molecule has 2 saturated heterocycles. The van der Waals surface area contributed by atoms with Gasteiger partial charge in [-0.15, -0.1) is 0 Å². The van der Waals surface area contributed by atoms with Gasteiger partial charge in [0, 0.05) is 32.7 Å². The number of ether oxygens (including phenoxy) is 1. The average Bonchev–Trinajstić information content (AvgIpc) is 3.56. The van der Waals surface area contributed by atoms with Crippen molar-refractivity contribution in [3.05, 3.63) is 47.9 Å². The molecule has 0 aliphatic carbocycles. The molecule has 2 aliphatic rings. The number of likely N-dealkylation sites (tertiary alicyclic amines) is 1. The molecule has 0 spiro atoms. The van der Waals surface area contributed by atoms with Crippen LogP contribution in [0.5, 0.6) is 5.75 Å². The highest BCUT2D eigenvalue weighted by Gasteiger charge is 2.28. The zero-order valence-electron chi connectivity index (χ0n) is 18.9. The van der Waals surface area contributed by atoms with Crippen molar-refractivity contribution in [3.8, 4) is 5.75 Å². The number of hydrogen-bond donors (Lipinski definition) is 2. The Labute approximate surface area is 185 Å². The summed E-state index contributed by atoms with van der Waals surface area (Å²) < 4.78 is 11.5. The lowest BCUT2D eigenvalue weighted by Gasteiger charge is -2.27. The van der Waals surface area contributed by atoms with Crippen molar-refractivity contribution in [2.75, 3.05) is 51.8 Å². The number of aliphatic imine (C=N–C) groups is 1. The summed E-state index contributed by atoms with van der Waals surface area (Å²) in [5.74, 6) is 3.77. The van der Waals surface area contributed by atoms with Gasteiger partial charge in [-0.2, -0.15) is 0 Å². The molecule has 4 rings (SSSR count). The first-order chi connectivity index (χ1) is 15.2. The summed E-state index contributed by atoms with van der Waals surface area (Å²) in [6.45, 7) is 6.94. The van der Waals surface area contributed by atoms with E-state index in [0.29, 0.717) is 6.04 Å². The Morgan fingerprint density at radius 3 is 2.71 bits per heavy atom. The van der Waals surface area contributed by atoms with Crippen LogP contribution in [0.25, 0.3) is 0 Å². The molecular formula is C24H35N5O2. The van der Waals surface area contributed by atoms with Crippen LogP contribution in [0.4, 0.5) is 5.69 Å². The van der Waals surface area contributed by atoms with Gasteiger partial charge < -0.3 is 24.7 Å². The Kier molecular flexibility index (Phi) is 7.02. The van der Waals surface area contributed by atoms with E-state index in [1.165, 1.54) is 12.8 Å². The molecule has 2 fully saturated rings. The second-order valence-electron chi connectivity index (χ2n) is 8.41. The summed E-state index contributed by atoms with van der Waals surface area (Å²) in [6, 6.07) is 12.9. The van der Waals surface area contributed by atoms with E-state index in [0.717, 1.165) is 68.1 Å². The normalized spacial score (nSPS) is 20.8. The van der Waals surface area contributed by atoms with E-state index in [1.54, 1.807) is 7.11 Å². The van der Waals surface area contributed by atoms with Crippen LogP contribution in [-0.4, -0.2) is 63.8 Å². The lowest BCUT2D eigenvalue weighted by molar-refractivity contribution is 0.213. The zero-order chi connectivity index (χ0) is 21.6. The molecule has 1 aromatic carbocycles. The molecule has 7 heteroatoms. The number of nitrogens with zero attached hydrogens (tertiary/aromatic N) is 3. The number of rotatable bonds is 7. The van der Waals surface area contributed by atoms with Gasteiger partial charge in [-0.25, -0.2) is 0 Å². The molecule has 0 saturated carbocycles. The number of para-hydroxylation sites is 2. The average molecular weight is 426 g/mol. The first-order valence-corrected chi connectivity index (χ1v) is 11.3. The molecule has 7 nitrogen and oxygen atoms in total. The summed E-state index contributed by atoms with van der Waals surface area (Å²) in [6.07, 6.45) is 3.57. The largest absolute Gasteiger partial charge is 0.495 e. The SMILES string of the molecule is CN=C(NCC(c1ccc(C)o1)N1CCCC1)NC1CCN(c2ccccc2OC)C1. The maximum absolute atomic E-state index is 5.98. The fourth-order valence-electron chi connectivity index (χ4n) is 4.66. The van der Waals surface area contributed by atoms with Crippen molar-refractivity contribution >= 4 is 11.6 Å². The van der Waals surface area contributed by atoms with E-state index < -0.39 is 0 Å². The van der Waals surface area contributed by atoms with Crippen molar-refractivity contribution in [3.63, 3.8) is 0 Å². The lowest BCUT2D eigenvalue weighted by atomic mass is 10.2. The van der Waals surface area contributed by atoms with Crippen LogP contribution in [0, 0.1) is 6.92 Å². The number of anilines is 1. The fourth-order valence-corrected chi connectivity index (χ4v) is 4.66. The predicted octanol–water partition coefficient (Wildman–Crippen LogP) is 3.18. The molecule has 2 aliphatic heterocycles. The van der Waals surface area contributed by atoms with Crippen LogP contribution in [0.15, 0.2) is 45.8 Å². The van der Waals surface area contributed by atoms with Crippen molar-refractivity contribution in [1.82, 2.24) is 15.5 Å². The molecule has 2 unspecified atom stereocenters. The topological polar surface area (TPSA) is 65.3 Å². The van der Waals surface area contributed by atoms with E-state index in [2.05, 4.69) is 49.7 Å². The number of guanidine groups is 1. The molecule has 168 valence electrons. The van der Waals surface area contributed by atoms with E-state index >= 15 is 0 Å². The third-order valence-electron chi connectivity index (χ3n) is 6.31. The highest BCUT2D eigenvalue weighted by Crippen LogP contribution is 2.30. The summed E-state index contributed by atoms with van der Waals surface area (Å²) in [4.78, 5) is 9.37. The van der Waals surface area contributed by atoms with Crippen molar-refractivity contribution in [1.29, 1.82) is 0 Å². The first-order valence-electron chi connectivity index (χ1n) is 11.3. The van der Waals surface area contributed by atoms with Gasteiger partial charge in [-0.3, -0.25) is 9.89 Å². The Balaban J connectivity index is 1.35. The molecule has 1 aromatic heterocycles. The number of furan rings is 1. The van der Waals surface area contributed by atoms with Crippen LogP contribution in [-0.2, 0) is 0 Å². The van der Waals surface area contributed by atoms with Gasteiger partial charge in [0.1, 0.15) is 17.3 Å². The monoisotopic (exact) mass is 425 g/mol. The van der Waals surface area contributed by atoms with Crippen molar-refractivity contribution in [2.45, 2.75) is 38.3 Å². The van der Waals surface area contributed by atoms with Gasteiger partial charge in [0.25, 0.3) is 0 Å². The van der Waals surface area contributed by atoms with E-state index in [4.69, 9.17) is 9.15 Å². The van der Waals surface area contributed by atoms with Crippen LogP contribution < -0.4 is 20.3 Å². The number of benzene rings is 1. The Morgan fingerprint density at radius 1 is 1.19 bits per heavy atom. The number of hydrogen-bond acceptors (Lipinski definition) is 5. The minimum Gasteiger partial charge on any atom is -0.495 e. The highest BCUT2D eigenvalue weighted by molar-refractivity contribution is 5.80. The van der Waals surface area contributed by atoms with Crippen molar-refractivity contribution in [2.24, 2.45) is 4.99 Å². The molecule has 3 heterocycles. The quantitative estimate of drug-likeness (QED) is 0.525. The smallest absolute Gasteiger partial charge is 0.191 e. The third kappa shape index (κ3) is 5.15. The lowest BCUT2D eigenvalue weighted by Crippen LogP contribution is -2.47. The molecule has 2 N–H and O–H groups in total. The Bertz CT molecular complexity index is 874. The summed E-state index contributed by atoms with van der Waals surface area (Å²) in [5.41, 5.74) is 1.15. The zero-order valence-corrected chi connectivity index (χ0v) is 18.9. The highest BCUT2D eigenvalue weighted by atomic mass is 16.5. The second kappa shape index (κ2) is 10.1. The molecule has 0 radical (unpaired) electrons. The molecule has 2 atom stereocenters. The Morgan fingerprint density at radius 2 is 2.00 bits per heavy atom. The van der Waals surface area contributed by atoms with Crippen molar-refractivity contribution < 1.29 is 9.15 Å². The minimum absolute atomic E-state index is 0.225. The summed E-state index contributed by atoms with van der Waals surface area (Å²) >= 11 is 0. The number of methoxy groups -OCH3 is 1. The maximum Gasteiger partial charge on any atom is 0.191 e. The molecule has 31 heavy (non-hydrogen) atoms. The molecule has 2 aromatic rings. The van der Waals surface area contributed by atoms with Gasteiger partial charge >= 0.3 is 0 Å². The van der Waals surface area contributed by atoms with Gasteiger partial charge in [-0.05, 0) is 63.5 Å². The molecular weight excluding hydrogens is 390 g/mol. The predicted molar refractivity (Wildman–Crippen MR) is 125 cm³/mol. The van der Waals surface area contributed by atoms with Crippen LogP contribution in [0.3, 0.4) is 0 Å². The molecule has 0 amide bonds. The maximum atomic E-state index is 5.98. The van der Waals surface area contributed by atoms with Crippen LogP contribution >= 0.6 is 0 Å². The first kappa shape index (κ1) is 21.6. The van der Waals surface area contributed by atoms with E-state index in [9.17, 15) is 0 Å². The number of aryl methyl sites for hydroxylation is 1. The van der Waals surface area contributed by atoms with Gasteiger partial charge in [-0.1, -0.05) is 12.1 Å². The summed E-state index contributed by atoms with van der Waals surface area (Å²) in [5, 5.41) is 7.16. The minimum atomic E-state index is 0.225. The Hall–Kier alpha value is -2.67. The second-order valence-corrected chi connectivity index (χ2v) is 8.41. The number of nitrogens with one attached hydrogen (secondary N) is 2. The van der Waals surface area contributed by atoms with Crippen LogP contribution in [0.1, 0.15) is 36.8 Å². The van der Waals surface area contributed by atoms with E-state index in [-0.39, 0.29) is 6.04 Å². The standard InChI is InChI=1S/C24H35N5O2/c1-18-10-11-23(31-18)21(28-13-6-7-14-28)16-26-24(25-2)27-19-12-15-29(17-19)20-8-4-5-9-22(20)30-3/h4-5,8-11,19,21H,6-7,12-17H2,1-3H3,(H2,25,26,27). The summed E-state index contributed by atoms with van der Waals surface area (Å²) in [7, 11) is 3.57. The third-order valence-corrected chi connectivity index (χ3v) is 6.31. The van der Waals surface area contributed by atoms with Crippen LogP contribution in [0.2, 0.25) is 0 Å². The fraction of sp³-hybridized carbons (Fsp3) is 0.542. The van der Waals surface area contributed by atoms with E-state index in [1.807, 2.05) is 26.1 Å². The van der Waals surface area contributed by atoms with Gasteiger partial charge in [0.15, 0.2) is 5.96 Å². The van der Waals surface area contributed by atoms with Gasteiger partial charge in [0.2, 0.25) is 0 Å². The molecule has 0 bridgehead atoms.